The summed E-state index contributed by atoms with van der Waals surface area (Å²) in [4.78, 5) is 24.5. The standard InChI is InChI=1S/C10H8ClNO2/c11-5-6-12-9(13)7-3-1-2-4-8(7)10(12)14/h1-4H,5-6H2. The monoisotopic (exact) mass is 209 g/mol. The number of nitrogens with zero attached hydrogens (tertiary/aromatic N) is 1. The SMILES string of the molecule is O=C1c2ccccc2C(=O)N1CCCl. The first-order valence-corrected chi connectivity index (χ1v) is 4.80. The van der Waals surface area contributed by atoms with Gasteiger partial charge in [0.15, 0.2) is 0 Å². The molecule has 0 radical (unpaired) electrons. The second kappa shape index (κ2) is 3.42. The smallest absolute Gasteiger partial charge is 0.261 e. The van der Waals surface area contributed by atoms with Crippen molar-refractivity contribution in [2.75, 3.05) is 12.4 Å². The summed E-state index contributed by atoms with van der Waals surface area (Å²) in [7, 11) is 0. The van der Waals surface area contributed by atoms with E-state index in [9.17, 15) is 9.59 Å². The molecule has 1 aliphatic heterocycles. The number of carbonyl (C=O) groups is 2. The molecular formula is C10H8ClNO2. The summed E-state index contributed by atoms with van der Waals surface area (Å²) in [5.74, 6) is -0.219. The summed E-state index contributed by atoms with van der Waals surface area (Å²) in [6.07, 6.45) is 0. The van der Waals surface area contributed by atoms with Gasteiger partial charge < -0.3 is 0 Å². The Bertz CT molecular complexity index is 368. The van der Waals surface area contributed by atoms with Crippen molar-refractivity contribution in [1.82, 2.24) is 4.90 Å². The lowest BCUT2D eigenvalue weighted by molar-refractivity contribution is 0.0664. The average Bonchev–Trinajstić information content (AvgIpc) is 2.45. The highest BCUT2D eigenvalue weighted by Gasteiger charge is 2.34. The quantitative estimate of drug-likeness (QED) is 0.547. The molecule has 1 aromatic carbocycles. The first kappa shape index (κ1) is 9.21. The molecule has 0 aromatic heterocycles. The Morgan fingerprint density at radius 1 is 1.07 bits per heavy atom. The largest absolute Gasteiger partial charge is 0.273 e. The number of hydrogen-bond acceptors (Lipinski definition) is 2. The highest BCUT2D eigenvalue weighted by atomic mass is 35.5. The predicted octanol–water partition coefficient (Wildman–Crippen LogP) is 1.52. The van der Waals surface area contributed by atoms with Gasteiger partial charge in [0.05, 0.1) is 11.1 Å². The first-order chi connectivity index (χ1) is 6.75. The van der Waals surface area contributed by atoms with E-state index in [4.69, 9.17) is 11.6 Å². The Kier molecular flexibility index (Phi) is 2.25. The minimum atomic E-state index is -0.244. The van der Waals surface area contributed by atoms with Crippen LogP contribution in [0.2, 0.25) is 0 Å². The van der Waals surface area contributed by atoms with Crippen molar-refractivity contribution in [3.63, 3.8) is 0 Å². The number of hydrogen-bond donors (Lipinski definition) is 0. The van der Waals surface area contributed by atoms with Gasteiger partial charge in [-0.2, -0.15) is 0 Å². The fourth-order valence-electron chi connectivity index (χ4n) is 1.53. The molecule has 0 N–H and O–H groups in total. The van der Waals surface area contributed by atoms with Crippen LogP contribution in [0.3, 0.4) is 0 Å². The van der Waals surface area contributed by atoms with Crippen LogP contribution < -0.4 is 0 Å². The minimum absolute atomic E-state index is 0.244. The summed E-state index contributed by atoms with van der Waals surface area (Å²) in [6.45, 7) is 0.272. The second-order valence-corrected chi connectivity index (χ2v) is 3.37. The molecule has 0 unspecified atom stereocenters. The van der Waals surface area contributed by atoms with Gasteiger partial charge in [-0.25, -0.2) is 0 Å². The number of halogens is 1. The summed E-state index contributed by atoms with van der Waals surface area (Å²) in [5, 5.41) is 0. The first-order valence-electron chi connectivity index (χ1n) is 4.27. The van der Waals surface area contributed by atoms with Crippen molar-refractivity contribution in [1.29, 1.82) is 0 Å². The highest BCUT2D eigenvalue weighted by molar-refractivity contribution is 6.22. The van der Waals surface area contributed by atoms with Crippen LogP contribution in [0.5, 0.6) is 0 Å². The third-order valence-corrected chi connectivity index (χ3v) is 2.36. The van der Waals surface area contributed by atoms with Crippen LogP contribution in [0.1, 0.15) is 20.7 Å². The zero-order valence-electron chi connectivity index (χ0n) is 7.37. The lowest BCUT2D eigenvalue weighted by atomic mass is 10.1. The molecule has 2 amide bonds. The molecule has 0 aliphatic carbocycles. The van der Waals surface area contributed by atoms with Gasteiger partial charge in [0.1, 0.15) is 0 Å². The van der Waals surface area contributed by atoms with Crippen LogP contribution in [0.25, 0.3) is 0 Å². The molecule has 4 heteroatoms. The van der Waals surface area contributed by atoms with Crippen molar-refractivity contribution in [3.05, 3.63) is 35.4 Å². The molecule has 0 fully saturated rings. The average molecular weight is 210 g/mol. The molecule has 1 heterocycles. The van der Waals surface area contributed by atoms with E-state index in [0.29, 0.717) is 11.1 Å². The van der Waals surface area contributed by atoms with E-state index in [1.807, 2.05) is 0 Å². The number of rotatable bonds is 2. The van der Waals surface area contributed by atoms with Crippen molar-refractivity contribution in [2.45, 2.75) is 0 Å². The normalized spacial score (nSPS) is 14.8. The van der Waals surface area contributed by atoms with Gasteiger partial charge in [0, 0.05) is 12.4 Å². The van der Waals surface area contributed by atoms with Gasteiger partial charge in [0.2, 0.25) is 0 Å². The van der Waals surface area contributed by atoms with Gasteiger partial charge in [-0.3, -0.25) is 14.5 Å². The molecule has 0 spiro atoms. The summed E-state index contributed by atoms with van der Waals surface area (Å²) in [5.41, 5.74) is 0.949. The summed E-state index contributed by atoms with van der Waals surface area (Å²) >= 11 is 5.51. The van der Waals surface area contributed by atoms with E-state index in [1.165, 1.54) is 4.90 Å². The zero-order valence-corrected chi connectivity index (χ0v) is 8.12. The Hall–Kier alpha value is -1.35. The number of fused-ring (bicyclic) bond motifs is 1. The van der Waals surface area contributed by atoms with Crippen LogP contribution in [-0.4, -0.2) is 29.1 Å². The third-order valence-electron chi connectivity index (χ3n) is 2.19. The Morgan fingerprint density at radius 3 is 2.00 bits per heavy atom. The van der Waals surface area contributed by atoms with Crippen LogP contribution in [-0.2, 0) is 0 Å². The summed E-state index contributed by atoms with van der Waals surface area (Å²) in [6, 6.07) is 6.80. The number of alkyl halides is 1. The van der Waals surface area contributed by atoms with E-state index in [2.05, 4.69) is 0 Å². The van der Waals surface area contributed by atoms with Crippen LogP contribution >= 0.6 is 11.6 Å². The maximum absolute atomic E-state index is 11.6. The second-order valence-electron chi connectivity index (χ2n) is 3.00. The molecule has 3 nitrogen and oxygen atoms in total. The Morgan fingerprint density at radius 2 is 1.57 bits per heavy atom. The minimum Gasteiger partial charge on any atom is -0.273 e. The van der Waals surface area contributed by atoms with Crippen LogP contribution in [0.15, 0.2) is 24.3 Å². The molecule has 1 aromatic rings. The molecule has 0 saturated heterocycles. The fraction of sp³-hybridized carbons (Fsp3) is 0.200. The molecule has 0 saturated carbocycles. The fourth-order valence-corrected chi connectivity index (χ4v) is 1.70. The van der Waals surface area contributed by atoms with Gasteiger partial charge in [-0.05, 0) is 12.1 Å². The van der Waals surface area contributed by atoms with E-state index >= 15 is 0 Å². The molecule has 1 aliphatic rings. The number of amides is 2. The van der Waals surface area contributed by atoms with Crippen molar-refractivity contribution in [3.8, 4) is 0 Å². The van der Waals surface area contributed by atoms with Crippen LogP contribution in [0, 0.1) is 0 Å². The lowest BCUT2D eigenvalue weighted by Crippen LogP contribution is -2.31. The molecule has 14 heavy (non-hydrogen) atoms. The molecular weight excluding hydrogens is 202 g/mol. The Balaban J connectivity index is 2.43. The van der Waals surface area contributed by atoms with Gasteiger partial charge in [-0.15, -0.1) is 11.6 Å². The van der Waals surface area contributed by atoms with Crippen molar-refractivity contribution >= 4 is 23.4 Å². The van der Waals surface area contributed by atoms with Gasteiger partial charge in [-0.1, -0.05) is 12.1 Å². The van der Waals surface area contributed by atoms with Gasteiger partial charge in [0.25, 0.3) is 11.8 Å². The number of carbonyl (C=O) groups excluding carboxylic acids is 2. The van der Waals surface area contributed by atoms with E-state index < -0.39 is 0 Å². The molecule has 72 valence electrons. The zero-order chi connectivity index (χ0) is 10.1. The van der Waals surface area contributed by atoms with E-state index in [0.717, 1.165) is 0 Å². The molecule has 2 rings (SSSR count). The maximum Gasteiger partial charge on any atom is 0.261 e. The number of benzene rings is 1. The molecule has 0 atom stereocenters. The lowest BCUT2D eigenvalue weighted by Gasteiger charge is -2.10. The van der Waals surface area contributed by atoms with Gasteiger partial charge >= 0.3 is 0 Å². The maximum atomic E-state index is 11.6. The van der Waals surface area contributed by atoms with E-state index in [1.54, 1.807) is 24.3 Å². The Labute approximate surface area is 86.3 Å². The third kappa shape index (κ3) is 1.21. The highest BCUT2D eigenvalue weighted by Crippen LogP contribution is 2.21. The van der Waals surface area contributed by atoms with Crippen LogP contribution in [0.4, 0.5) is 0 Å². The molecule has 0 bridgehead atoms. The summed E-state index contributed by atoms with van der Waals surface area (Å²) < 4.78 is 0. The van der Waals surface area contributed by atoms with Crippen molar-refractivity contribution in [2.24, 2.45) is 0 Å². The van der Waals surface area contributed by atoms with E-state index in [-0.39, 0.29) is 24.2 Å². The van der Waals surface area contributed by atoms with Crippen molar-refractivity contribution < 1.29 is 9.59 Å². The topological polar surface area (TPSA) is 37.4 Å². The number of imide groups is 1. The predicted molar refractivity (Wildman–Crippen MR) is 52.5 cm³/mol.